The van der Waals surface area contributed by atoms with Crippen LogP contribution in [0.1, 0.15) is 35.7 Å². The molecule has 4 heteroatoms. The summed E-state index contributed by atoms with van der Waals surface area (Å²) in [4.78, 5) is 12.0. The Morgan fingerprint density at radius 2 is 2.29 bits per heavy atom. The van der Waals surface area contributed by atoms with Crippen LogP contribution in [0.4, 0.5) is 0 Å². The zero-order valence-electron chi connectivity index (χ0n) is 9.96. The molecule has 1 atom stereocenters. The third kappa shape index (κ3) is 3.57. The molecule has 0 aromatic heterocycles. The van der Waals surface area contributed by atoms with Gasteiger partial charge in [-0.3, -0.25) is 4.79 Å². The lowest BCUT2D eigenvalue weighted by Crippen LogP contribution is -2.34. The molecule has 1 aromatic carbocycles. The summed E-state index contributed by atoms with van der Waals surface area (Å²) in [5, 5.41) is 11.5. The number of halogens is 1. The number of hydrogen-bond donors (Lipinski definition) is 1. The Morgan fingerprint density at radius 3 is 2.88 bits per heavy atom. The van der Waals surface area contributed by atoms with Crippen LogP contribution >= 0.6 is 15.9 Å². The van der Waals surface area contributed by atoms with Crippen molar-refractivity contribution in [1.82, 2.24) is 5.32 Å². The number of carbonyl (C=O) groups excluding carboxylic acids is 1. The van der Waals surface area contributed by atoms with Gasteiger partial charge in [-0.05, 0) is 40.9 Å². The Kier molecular flexibility index (Phi) is 5.17. The van der Waals surface area contributed by atoms with Crippen LogP contribution in [0.5, 0.6) is 0 Å². The van der Waals surface area contributed by atoms with Gasteiger partial charge in [0.1, 0.15) is 0 Å². The minimum Gasteiger partial charge on any atom is -0.348 e. The molecule has 0 bridgehead atoms. The van der Waals surface area contributed by atoms with Crippen molar-refractivity contribution in [2.24, 2.45) is 0 Å². The fraction of sp³-hybridized carbons (Fsp3) is 0.385. The van der Waals surface area contributed by atoms with Crippen LogP contribution in [-0.2, 0) is 0 Å². The lowest BCUT2D eigenvalue weighted by Gasteiger charge is -2.14. The molecule has 0 saturated heterocycles. The van der Waals surface area contributed by atoms with Crippen LogP contribution in [0.3, 0.4) is 0 Å². The van der Waals surface area contributed by atoms with Crippen molar-refractivity contribution in [2.45, 2.75) is 32.7 Å². The highest BCUT2D eigenvalue weighted by atomic mass is 79.9. The molecule has 1 aromatic rings. The number of nitrogens with zero attached hydrogens (tertiary/aromatic N) is 1. The first-order valence-electron chi connectivity index (χ1n) is 5.53. The van der Waals surface area contributed by atoms with E-state index in [1.807, 2.05) is 26.0 Å². The molecule has 1 rings (SSSR count). The molecule has 1 amide bonds. The third-order valence-electron chi connectivity index (χ3n) is 2.60. The predicted octanol–water partition coefficient (Wildman–Crippen LogP) is 3.18. The van der Waals surface area contributed by atoms with Crippen LogP contribution in [0, 0.1) is 18.3 Å². The molecule has 1 unspecified atom stereocenters. The average molecular weight is 295 g/mol. The van der Waals surface area contributed by atoms with E-state index in [2.05, 4.69) is 27.3 Å². The van der Waals surface area contributed by atoms with Gasteiger partial charge in [-0.15, -0.1) is 0 Å². The summed E-state index contributed by atoms with van der Waals surface area (Å²) < 4.78 is 0.810. The first-order chi connectivity index (χ1) is 8.10. The summed E-state index contributed by atoms with van der Waals surface area (Å²) in [5.74, 6) is -0.136. The molecule has 3 nitrogen and oxygen atoms in total. The van der Waals surface area contributed by atoms with Gasteiger partial charge in [0.2, 0.25) is 0 Å². The van der Waals surface area contributed by atoms with Crippen LogP contribution < -0.4 is 5.32 Å². The van der Waals surface area contributed by atoms with Crippen LogP contribution in [0.2, 0.25) is 0 Å². The van der Waals surface area contributed by atoms with Gasteiger partial charge < -0.3 is 5.32 Å². The van der Waals surface area contributed by atoms with Crippen molar-refractivity contribution in [2.75, 3.05) is 0 Å². The van der Waals surface area contributed by atoms with Gasteiger partial charge >= 0.3 is 0 Å². The van der Waals surface area contributed by atoms with E-state index in [4.69, 9.17) is 5.26 Å². The van der Waals surface area contributed by atoms with Crippen LogP contribution in [0.15, 0.2) is 22.7 Å². The minimum atomic E-state index is -0.136. The molecule has 0 aliphatic heterocycles. The smallest absolute Gasteiger partial charge is 0.252 e. The maximum absolute atomic E-state index is 12.0. The first-order valence-corrected chi connectivity index (χ1v) is 6.32. The molecule has 0 radical (unpaired) electrons. The minimum absolute atomic E-state index is 0.0834. The largest absolute Gasteiger partial charge is 0.348 e. The molecule has 0 saturated carbocycles. The predicted molar refractivity (Wildman–Crippen MR) is 70.7 cm³/mol. The van der Waals surface area contributed by atoms with Gasteiger partial charge in [0, 0.05) is 10.5 Å². The fourth-order valence-corrected chi connectivity index (χ4v) is 1.94. The van der Waals surface area contributed by atoms with Crippen molar-refractivity contribution in [3.63, 3.8) is 0 Å². The number of aryl methyl sites for hydroxylation is 1. The van der Waals surface area contributed by atoms with Crippen LogP contribution in [-0.4, -0.2) is 11.9 Å². The molecule has 0 spiro atoms. The van der Waals surface area contributed by atoms with Gasteiger partial charge in [0.05, 0.1) is 18.1 Å². The van der Waals surface area contributed by atoms with Crippen molar-refractivity contribution in [3.05, 3.63) is 33.8 Å². The molecule has 0 aliphatic carbocycles. The van der Waals surface area contributed by atoms with E-state index in [1.165, 1.54) is 0 Å². The molecule has 90 valence electrons. The van der Waals surface area contributed by atoms with Gasteiger partial charge in [-0.2, -0.15) is 5.26 Å². The van der Waals surface area contributed by atoms with E-state index >= 15 is 0 Å². The van der Waals surface area contributed by atoms with E-state index in [0.29, 0.717) is 12.0 Å². The van der Waals surface area contributed by atoms with E-state index in [9.17, 15) is 4.79 Å². The van der Waals surface area contributed by atoms with Crippen molar-refractivity contribution >= 4 is 21.8 Å². The van der Waals surface area contributed by atoms with Gasteiger partial charge in [0.15, 0.2) is 0 Å². The molecule has 17 heavy (non-hydrogen) atoms. The quantitative estimate of drug-likeness (QED) is 0.927. The van der Waals surface area contributed by atoms with Gasteiger partial charge in [-0.1, -0.05) is 19.1 Å². The normalized spacial score (nSPS) is 11.6. The Morgan fingerprint density at radius 1 is 1.59 bits per heavy atom. The highest BCUT2D eigenvalue weighted by molar-refractivity contribution is 9.10. The number of nitrogens with one attached hydrogen (secondary N) is 1. The van der Waals surface area contributed by atoms with Crippen LogP contribution in [0.25, 0.3) is 0 Å². The molecule has 0 heterocycles. The standard InChI is InChI=1S/C13H15BrN2O/c1-3-10(7-8-15)16-13(17)11-6-4-5-9(2)12(11)14/h4-6,10H,3,7H2,1-2H3,(H,16,17). The molecular formula is C13H15BrN2O. The molecule has 0 aliphatic rings. The number of nitriles is 1. The average Bonchev–Trinajstić information content (AvgIpc) is 2.31. The van der Waals surface area contributed by atoms with Gasteiger partial charge in [-0.25, -0.2) is 0 Å². The fourth-order valence-electron chi connectivity index (χ4n) is 1.49. The zero-order chi connectivity index (χ0) is 12.8. The van der Waals surface area contributed by atoms with Crippen molar-refractivity contribution in [1.29, 1.82) is 5.26 Å². The molecular weight excluding hydrogens is 280 g/mol. The molecule has 0 fully saturated rings. The number of benzene rings is 1. The highest BCUT2D eigenvalue weighted by Gasteiger charge is 2.14. The van der Waals surface area contributed by atoms with E-state index in [1.54, 1.807) is 6.07 Å². The maximum atomic E-state index is 12.0. The van der Waals surface area contributed by atoms with E-state index in [0.717, 1.165) is 16.5 Å². The Labute approximate surface area is 110 Å². The third-order valence-corrected chi connectivity index (χ3v) is 3.65. The van der Waals surface area contributed by atoms with Crippen molar-refractivity contribution < 1.29 is 4.79 Å². The Hall–Kier alpha value is -1.34. The lowest BCUT2D eigenvalue weighted by molar-refractivity contribution is 0.0936. The van der Waals surface area contributed by atoms with E-state index in [-0.39, 0.29) is 11.9 Å². The number of carbonyl (C=O) groups is 1. The van der Waals surface area contributed by atoms with Crippen molar-refractivity contribution in [3.8, 4) is 6.07 Å². The second-order valence-electron chi connectivity index (χ2n) is 3.88. The summed E-state index contributed by atoms with van der Waals surface area (Å²) >= 11 is 3.41. The maximum Gasteiger partial charge on any atom is 0.252 e. The number of hydrogen-bond acceptors (Lipinski definition) is 2. The summed E-state index contributed by atoms with van der Waals surface area (Å²) in [7, 11) is 0. The van der Waals surface area contributed by atoms with Gasteiger partial charge in [0.25, 0.3) is 5.91 Å². The lowest BCUT2D eigenvalue weighted by atomic mass is 10.1. The number of amides is 1. The number of rotatable bonds is 4. The highest BCUT2D eigenvalue weighted by Crippen LogP contribution is 2.21. The Balaban J connectivity index is 2.83. The second kappa shape index (κ2) is 6.41. The summed E-state index contributed by atoms with van der Waals surface area (Å²) in [6, 6.07) is 7.55. The summed E-state index contributed by atoms with van der Waals surface area (Å²) in [6.45, 7) is 3.89. The zero-order valence-corrected chi connectivity index (χ0v) is 11.5. The topological polar surface area (TPSA) is 52.9 Å². The first kappa shape index (κ1) is 13.7. The SMILES string of the molecule is CCC(CC#N)NC(=O)c1cccc(C)c1Br. The Bertz CT molecular complexity index is 451. The molecule has 1 N–H and O–H groups in total. The summed E-state index contributed by atoms with van der Waals surface area (Å²) in [6.07, 6.45) is 1.09. The second-order valence-corrected chi connectivity index (χ2v) is 4.67. The summed E-state index contributed by atoms with van der Waals surface area (Å²) in [5.41, 5.74) is 1.63. The monoisotopic (exact) mass is 294 g/mol. The van der Waals surface area contributed by atoms with E-state index < -0.39 is 0 Å².